The lowest BCUT2D eigenvalue weighted by atomic mass is 10.1. The number of amides is 1. The molecule has 6 nitrogen and oxygen atoms in total. The lowest BCUT2D eigenvalue weighted by molar-refractivity contribution is -0.129. The molecule has 1 aliphatic rings. The molecule has 1 heterocycles. The van der Waals surface area contributed by atoms with Crippen molar-refractivity contribution in [2.75, 3.05) is 33.1 Å². The molecule has 0 radical (unpaired) electrons. The topological polar surface area (TPSA) is 79.2 Å². The van der Waals surface area contributed by atoms with Crippen molar-refractivity contribution >= 4 is 17.7 Å². The summed E-state index contributed by atoms with van der Waals surface area (Å²) in [5.41, 5.74) is 0.767. The predicted octanol–water partition coefficient (Wildman–Crippen LogP) is 0.631. The number of thioether (sulfide) groups is 1. The molecule has 0 saturated carbocycles. The highest BCUT2D eigenvalue weighted by molar-refractivity contribution is 8.00. The second-order valence-electron chi connectivity index (χ2n) is 4.62. The minimum Gasteiger partial charge on any atom is -0.496 e. The zero-order chi connectivity index (χ0) is 15.4. The summed E-state index contributed by atoms with van der Waals surface area (Å²) >= 11 is 1.45. The number of nitrogens with zero attached hydrogens (tertiary/aromatic N) is 1. The van der Waals surface area contributed by atoms with Crippen LogP contribution in [0.5, 0.6) is 11.5 Å². The maximum absolute atomic E-state index is 12.0. The normalized spacial score (nSPS) is 19.7. The maximum Gasteiger partial charge on any atom is 0.233 e. The lowest BCUT2D eigenvalue weighted by Gasteiger charge is -2.28. The fourth-order valence-electron chi connectivity index (χ4n) is 2.30. The summed E-state index contributed by atoms with van der Waals surface area (Å²) in [5, 5.41) is 18.3. The van der Waals surface area contributed by atoms with Gasteiger partial charge in [-0.1, -0.05) is 6.07 Å². The van der Waals surface area contributed by atoms with Crippen molar-refractivity contribution in [1.82, 2.24) is 4.90 Å². The van der Waals surface area contributed by atoms with Crippen LogP contribution in [0.15, 0.2) is 18.2 Å². The summed E-state index contributed by atoms with van der Waals surface area (Å²) in [6.45, 7) is -0.307. The number of ether oxygens (including phenoxy) is 2. The third-order valence-corrected chi connectivity index (χ3v) is 4.52. The van der Waals surface area contributed by atoms with Crippen LogP contribution < -0.4 is 9.47 Å². The third-order valence-electron chi connectivity index (χ3n) is 3.30. The molecule has 0 spiro atoms. The number of rotatable bonds is 6. The Morgan fingerprint density at radius 1 is 1.38 bits per heavy atom. The zero-order valence-electron chi connectivity index (χ0n) is 12.0. The van der Waals surface area contributed by atoms with Crippen LogP contribution in [0.3, 0.4) is 0 Å². The molecule has 2 rings (SSSR count). The molecule has 7 heteroatoms. The lowest BCUT2D eigenvalue weighted by Crippen LogP contribution is -2.37. The van der Waals surface area contributed by atoms with Crippen LogP contribution in [0.25, 0.3) is 0 Å². The van der Waals surface area contributed by atoms with E-state index < -0.39 is 6.10 Å². The summed E-state index contributed by atoms with van der Waals surface area (Å²) in [5.74, 6) is 1.50. The minimum atomic E-state index is -0.962. The molecule has 1 aliphatic heterocycles. The van der Waals surface area contributed by atoms with Crippen LogP contribution in [-0.2, 0) is 4.79 Å². The van der Waals surface area contributed by atoms with E-state index in [-0.39, 0.29) is 24.4 Å². The molecule has 0 aromatic heterocycles. The average Bonchev–Trinajstić information content (AvgIpc) is 2.86. The zero-order valence-corrected chi connectivity index (χ0v) is 12.8. The molecular weight excluding hydrogens is 294 g/mol. The first-order valence-corrected chi connectivity index (χ1v) is 7.58. The molecular formula is C14H19NO5S. The third kappa shape index (κ3) is 3.25. The van der Waals surface area contributed by atoms with Gasteiger partial charge in [-0.3, -0.25) is 4.79 Å². The predicted molar refractivity (Wildman–Crippen MR) is 79.6 cm³/mol. The van der Waals surface area contributed by atoms with Crippen LogP contribution in [0.4, 0.5) is 0 Å². The monoisotopic (exact) mass is 313 g/mol. The number of methoxy groups -OCH3 is 2. The van der Waals surface area contributed by atoms with Gasteiger partial charge in [0, 0.05) is 0 Å². The number of hydrogen-bond donors (Lipinski definition) is 2. The van der Waals surface area contributed by atoms with Gasteiger partial charge in [0.05, 0.1) is 44.8 Å². The highest BCUT2D eigenvalue weighted by Gasteiger charge is 2.37. The van der Waals surface area contributed by atoms with E-state index in [2.05, 4.69) is 0 Å². The molecule has 0 aliphatic carbocycles. The van der Waals surface area contributed by atoms with Crippen molar-refractivity contribution in [3.8, 4) is 11.5 Å². The van der Waals surface area contributed by atoms with Gasteiger partial charge in [0.1, 0.15) is 16.9 Å². The van der Waals surface area contributed by atoms with Gasteiger partial charge >= 0.3 is 0 Å². The van der Waals surface area contributed by atoms with Crippen LogP contribution >= 0.6 is 11.8 Å². The van der Waals surface area contributed by atoms with Crippen LogP contribution in [0.1, 0.15) is 10.9 Å². The van der Waals surface area contributed by atoms with Gasteiger partial charge < -0.3 is 24.6 Å². The summed E-state index contributed by atoms with van der Waals surface area (Å²) < 4.78 is 10.7. The molecule has 2 unspecified atom stereocenters. The Hall–Kier alpha value is -1.44. The molecule has 1 aromatic rings. The van der Waals surface area contributed by atoms with E-state index in [4.69, 9.17) is 14.6 Å². The number of aliphatic hydroxyl groups excluding tert-OH is 2. The Kier molecular flexibility index (Phi) is 5.33. The van der Waals surface area contributed by atoms with Gasteiger partial charge in [-0.25, -0.2) is 0 Å². The molecule has 1 fully saturated rings. The second kappa shape index (κ2) is 7.02. The Bertz CT molecular complexity index is 488. The smallest absolute Gasteiger partial charge is 0.233 e. The highest BCUT2D eigenvalue weighted by atomic mass is 32.2. The van der Waals surface area contributed by atoms with Gasteiger partial charge in [-0.15, -0.1) is 11.8 Å². The van der Waals surface area contributed by atoms with E-state index >= 15 is 0 Å². The van der Waals surface area contributed by atoms with Crippen LogP contribution in [0, 0.1) is 0 Å². The highest BCUT2D eigenvalue weighted by Crippen LogP contribution is 2.46. The first kappa shape index (κ1) is 15.9. The second-order valence-corrected chi connectivity index (χ2v) is 5.69. The van der Waals surface area contributed by atoms with Gasteiger partial charge in [0.2, 0.25) is 5.91 Å². The molecule has 1 saturated heterocycles. The van der Waals surface area contributed by atoms with E-state index in [0.717, 1.165) is 5.56 Å². The van der Waals surface area contributed by atoms with Crippen molar-refractivity contribution in [2.24, 2.45) is 0 Å². The summed E-state index contributed by atoms with van der Waals surface area (Å²) in [7, 11) is 3.12. The number of β-amino-alcohol motifs (C(OH)–C–C–N with tert-alkyl or cyclic N) is 1. The molecule has 0 bridgehead atoms. The van der Waals surface area contributed by atoms with E-state index in [1.165, 1.54) is 11.8 Å². The number of hydrogen-bond acceptors (Lipinski definition) is 6. The van der Waals surface area contributed by atoms with Crippen molar-refractivity contribution in [3.63, 3.8) is 0 Å². The number of carbonyl (C=O) groups is 1. The Balaban J connectivity index is 2.37. The van der Waals surface area contributed by atoms with Crippen molar-refractivity contribution in [3.05, 3.63) is 23.8 Å². The summed E-state index contributed by atoms with van der Waals surface area (Å²) in [4.78, 5) is 13.6. The van der Waals surface area contributed by atoms with Gasteiger partial charge in [-0.2, -0.15) is 0 Å². The molecule has 2 N–H and O–H groups in total. The van der Waals surface area contributed by atoms with Crippen LogP contribution in [-0.4, -0.2) is 60.2 Å². The summed E-state index contributed by atoms with van der Waals surface area (Å²) in [6, 6.07) is 5.43. The van der Waals surface area contributed by atoms with Crippen molar-refractivity contribution in [1.29, 1.82) is 0 Å². The van der Waals surface area contributed by atoms with Crippen molar-refractivity contribution < 1.29 is 24.5 Å². The number of carbonyl (C=O) groups excluding carboxylic acids is 1. The minimum absolute atomic E-state index is 0.0776. The first-order chi connectivity index (χ1) is 10.1. The molecule has 1 amide bonds. The van der Waals surface area contributed by atoms with E-state index in [1.54, 1.807) is 19.1 Å². The Morgan fingerprint density at radius 2 is 2.00 bits per heavy atom. The quantitative estimate of drug-likeness (QED) is 0.802. The first-order valence-electron chi connectivity index (χ1n) is 6.53. The van der Waals surface area contributed by atoms with E-state index in [9.17, 15) is 9.90 Å². The van der Waals surface area contributed by atoms with Gasteiger partial charge in [0.15, 0.2) is 0 Å². The van der Waals surface area contributed by atoms with E-state index in [0.29, 0.717) is 17.3 Å². The van der Waals surface area contributed by atoms with Gasteiger partial charge in [0.25, 0.3) is 0 Å². The largest absolute Gasteiger partial charge is 0.496 e. The average molecular weight is 313 g/mol. The number of aliphatic hydroxyl groups is 2. The van der Waals surface area contributed by atoms with Gasteiger partial charge in [-0.05, 0) is 12.1 Å². The molecule has 116 valence electrons. The van der Waals surface area contributed by atoms with Crippen LogP contribution in [0.2, 0.25) is 0 Å². The number of benzene rings is 1. The van der Waals surface area contributed by atoms with Crippen molar-refractivity contribution in [2.45, 2.75) is 11.5 Å². The Labute approximate surface area is 127 Å². The summed E-state index contributed by atoms with van der Waals surface area (Å²) in [6.07, 6.45) is -0.962. The Morgan fingerprint density at radius 3 is 2.52 bits per heavy atom. The van der Waals surface area contributed by atoms with E-state index in [1.807, 2.05) is 18.2 Å². The SMILES string of the molecule is COc1cccc(OC)c1C1SCC(=O)N1CC(O)CO. The fraction of sp³-hybridized carbons (Fsp3) is 0.500. The fourth-order valence-corrected chi connectivity index (χ4v) is 3.55. The standard InChI is InChI=1S/C14H19NO5S/c1-19-10-4-3-5-11(20-2)13(10)14-15(6-9(17)7-16)12(18)8-21-14/h3-5,9,14,16-17H,6-8H2,1-2H3. The molecule has 21 heavy (non-hydrogen) atoms. The molecule has 1 aromatic carbocycles. The maximum atomic E-state index is 12.0. The molecule has 2 atom stereocenters.